The van der Waals surface area contributed by atoms with Gasteiger partial charge >= 0.3 is 5.97 Å². The number of amides is 1. The van der Waals surface area contributed by atoms with Crippen LogP contribution in [0.25, 0.3) is 0 Å². The second-order valence-corrected chi connectivity index (χ2v) is 7.67. The Labute approximate surface area is 164 Å². The van der Waals surface area contributed by atoms with Gasteiger partial charge < -0.3 is 16.2 Å². The molecule has 1 aromatic heterocycles. The summed E-state index contributed by atoms with van der Waals surface area (Å²) in [6.07, 6.45) is 3.96. The first-order valence-electron chi connectivity index (χ1n) is 9.40. The number of aromatic carboxylic acids is 1. The Morgan fingerprint density at radius 2 is 1.81 bits per heavy atom. The fourth-order valence-corrected chi connectivity index (χ4v) is 4.80. The van der Waals surface area contributed by atoms with Gasteiger partial charge in [-0.1, -0.05) is 39.7 Å². The standard InChI is InChI=1S/C21H28N2O3S/c1-4-10-21(11-5-2,19-16(22)9-12-27-19)14-7-8-17(23-18(24)6-3)15(13-14)20(25)26/h7-9,12-13H,4-6,10-11,22H2,1-3H3,(H,23,24)(H,25,26). The van der Waals surface area contributed by atoms with E-state index in [9.17, 15) is 14.7 Å². The molecule has 0 aliphatic carbocycles. The average Bonchev–Trinajstić information content (AvgIpc) is 3.07. The lowest BCUT2D eigenvalue weighted by molar-refractivity contribution is -0.115. The Morgan fingerprint density at radius 1 is 1.15 bits per heavy atom. The maximum absolute atomic E-state index is 11.9. The van der Waals surface area contributed by atoms with Gasteiger partial charge in [-0.05, 0) is 42.0 Å². The molecule has 0 fully saturated rings. The summed E-state index contributed by atoms with van der Waals surface area (Å²) in [7, 11) is 0. The molecule has 5 nitrogen and oxygen atoms in total. The predicted molar refractivity (Wildman–Crippen MR) is 112 cm³/mol. The van der Waals surface area contributed by atoms with Crippen LogP contribution in [0.15, 0.2) is 29.6 Å². The first kappa shape index (κ1) is 21.0. The van der Waals surface area contributed by atoms with Gasteiger partial charge in [0.05, 0.1) is 11.3 Å². The number of thiophene rings is 1. The summed E-state index contributed by atoms with van der Waals surface area (Å²) in [6.45, 7) is 5.99. The van der Waals surface area contributed by atoms with Crippen LogP contribution in [0.4, 0.5) is 11.4 Å². The monoisotopic (exact) mass is 388 g/mol. The summed E-state index contributed by atoms with van der Waals surface area (Å²) < 4.78 is 0. The van der Waals surface area contributed by atoms with Gasteiger partial charge in [0.1, 0.15) is 0 Å². The Morgan fingerprint density at radius 3 is 2.30 bits per heavy atom. The molecule has 27 heavy (non-hydrogen) atoms. The molecule has 0 atom stereocenters. The van der Waals surface area contributed by atoms with Crippen LogP contribution in [-0.4, -0.2) is 17.0 Å². The van der Waals surface area contributed by atoms with Crippen LogP contribution in [0.5, 0.6) is 0 Å². The van der Waals surface area contributed by atoms with Crippen molar-refractivity contribution >= 4 is 34.6 Å². The Balaban J connectivity index is 2.65. The number of benzene rings is 1. The molecule has 0 aliphatic rings. The molecule has 0 saturated heterocycles. The van der Waals surface area contributed by atoms with Crippen LogP contribution in [0.3, 0.4) is 0 Å². The number of nitrogens with two attached hydrogens (primary N) is 1. The maximum atomic E-state index is 11.9. The van der Waals surface area contributed by atoms with Crippen molar-refractivity contribution in [2.24, 2.45) is 0 Å². The molecule has 6 heteroatoms. The lowest BCUT2D eigenvalue weighted by Crippen LogP contribution is -2.28. The highest BCUT2D eigenvalue weighted by Crippen LogP contribution is 2.46. The third-order valence-electron chi connectivity index (χ3n) is 4.88. The van der Waals surface area contributed by atoms with Crippen LogP contribution in [0.2, 0.25) is 0 Å². The number of carboxylic acid groups (broad SMARTS) is 1. The number of nitrogen functional groups attached to an aromatic ring is 1. The smallest absolute Gasteiger partial charge is 0.337 e. The topological polar surface area (TPSA) is 92.4 Å². The van der Waals surface area contributed by atoms with Crippen LogP contribution in [0, 0.1) is 0 Å². The number of carbonyl (C=O) groups excluding carboxylic acids is 1. The molecule has 2 rings (SSSR count). The van der Waals surface area contributed by atoms with Crippen molar-refractivity contribution in [1.29, 1.82) is 0 Å². The Bertz CT molecular complexity index is 808. The molecule has 2 aromatic rings. The number of carboxylic acids is 1. The highest BCUT2D eigenvalue weighted by molar-refractivity contribution is 7.10. The summed E-state index contributed by atoms with van der Waals surface area (Å²) in [4.78, 5) is 24.7. The minimum Gasteiger partial charge on any atom is -0.478 e. The summed E-state index contributed by atoms with van der Waals surface area (Å²) in [6, 6.07) is 7.25. The molecule has 1 heterocycles. The molecule has 0 spiro atoms. The highest BCUT2D eigenvalue weighted by Gasteiger charge is 2.36. The second kappa shape index (κ2) is 9.04. The average molecular weight is 389 g/mol. The van der Waals surface area contributed by atoms with Crippen molar-refractivity contribution < 1.29 is 14.7 Å². The van der Waals surface area contributed by atoms with Gasteiger partial charge in [0, 0.05) is 22.4 Å². The van der Waals surface area contributed by atoms with E-state index in [0.29, 0.717) is 12.1 Å². The van der Waals surface area contributed by atoms with Gasteiger partial charge in [-0.25, -0.2) is 4.79 Å². The molecular weight excluding hydrogens is 360 g/mol. The van der Waals surface area contributed by atoms with Gasteiger partial charge in [-0.3, -0.25) is 4.79 Å². The van der Waals surface area contributed by atoms with Crippen molar-refractivity contribution in [3.8, 4) is 0 Å². The zero-order valence-electron chi connectivity index (χ0n) is 16.2. The molecule has 146 valence electrons. The molecule has 0 unspecified atom stereocenters. The summed E-state index contributed by atoms with van der Waals surface area (Å²) >= 11 is 1.62. The molecule has 4 N–H and O–H groups in total. The molecule has 0 radical (unpaired) electrons. The van der Waals surface area contributed by atoms with E-state index in [-0.39, 0.29) is 16.9 Å². The van der Waals surface area contributed by atoms with Crippen LogP contribution >= 0.6 is 11.3 Å². The minimum absolute atomic E-state index is 0.112. The van der Waals surface area contributed by atoms with E-state index in [1.807, 2.05) is 17.5 Å². The molecule has 1 aromatic carbocycles. The largest absolute Gasteiger partial charge is 0.478 e. The van der Waals surface area contributed by atoms with Gasteiger partial charge in [0.25, 0.3) is 0 Å². The van der Waals surface area contributed by atoms with Crippen molar-refractivity contribution in [3.63, 3.8) is 0 Å². The van der Waals surface area contributed by atoms with E-state index in [1.54, 1.807) is 30.4 Å². The maximum Gasteiger partial charge on any atom is 0.337 e. The normalized spacial score (nSPS) is 11.4. The Hall–Kier alpha value is -2.34. The Kier molecular flexibility index (Phi) is 7.02. The summed E-state index contributed by atoms with van der Waals surface area (Å²) in [5, 5.41) is 14.4. The van der Waals surface area contributed by atoms with E-state index in [2.05, 4.69) is 19.2 Å². The molecule has 0 bridgehead atoms. The summed E-state index contributed by atoms with van der Waals surface area (Å²) in [5.74, 6) is -1.26. The quantitative estimate of drug-likeness (QED) is 0.546. The number of anilines is 2. The number of nitrogens with one attached hydrogen (secondary N) is 1. The van der Waals surface area contributed by atoms with Crippen LogP contribution < -0.4 is 11.1 Å². The van der Waals surface area contributed by atoms with E-state index >= 15 is 0 Å². The van der Waals surface area contributed by atoms with Crippen molar-refractivity contribution in [3.05, 3.63) is 45.6 Å². The second-order valence-electron chi connectivity index (χ2n) is 6.75. The van der Waals surface area contributed by atoms with Crippen LogP contribution in [-0.2, 0) is 10.2 Å². The zero-order valence-corrected chi connectivity index (χ0v) is 17.0. The van der Waals surface area contributed by atoms with Gasteiger partial charge in [-0.2, -0.15) is 0 Å². The fraction of sp³-hybridized carbons (Fsp3) is 0.429. The highest BCUT2D eigenvalue weighted by atomic mass is 32.1. The number of hydrogen-bond donors (Lipinski definition) is 3. The number of hydrogen-bond acceptors (Lipinski definition) is 4. The van der Waals surface area contributed by atoms with Crippen molar-refractivity contribution in [2.45, 2.75) is 58.3 Å². The van der Waals surface area contributed by atoms with Crippen molar-refractivity contribution in [1.82, 2.24) is 0 Å². The third kappa shape index (κ3) is 4.33. The molecule has 0 saturated carbocycles. The minimum atomic E-state index is -1.05. The molecule has 0 aliphatic heterocycles. The van der Waals surface area contributed by atoms with Crippen molar-refractivity contribution in [2.75, 3.05) is 11.1 Å². The first-order valence-corrected chi connectivity index (χ1v) is 10.3. The van der Waals surface area contributed by atoms with E-state index < -0.39 is 5.97 Å². The SMILES string of the molecule is CCCC(CCC)(c1ccc(NC(=O)CC)c(C(=O)O)c1)c1sccc1N. The third-order valence-corrected chi connectivity index (χ3v) is 6.02. The predicted octanol–water partition coefficient (Wildman–Crippen LogP) is 5.26. The van der Waals surface area contributed by atoms with Gasteiger partial charge in [0.15, 0.2) is 0 Å². The first-order chi connectivity index (χ1) is 12.9. The fourth-order valence-electron chi connectivity index (χ4n) is 3.70. The van der Waals surface area contributed by atoms with Crippen LogP contribution in [0.1, 0.15) is 73.7 Å². The van der Waals surface area contributed by atoms with Gasteiger partial charge in [0.2, 0.25) is 5.91 Å². The lowest BCUT2D eigenvalue weighted by Gasteiger charge is -2.34. The van der Waals surface area contributed by atoms with E-state index in [4.69, 9.17) is 5.73 Å². The number of rotatable bonds is 9. The zero-order chi connectivity index (χ0) is 20.0. The number of carbonyl (C=O) groups is 2. The molecular formula is C21H28N2O3S. The summed E-state index contributed by atoms with van der Waals surface area (Å²) in [5.41, 5.74) is 8.09. The molecule has 1 amide bonds. The van der Waals surface area contributed by atoms with E-state index in [0.717, 1.165) is 41.8 Å². The van der Waals surface area contributed by atoms with E-state index in [1.165, 1.54) is 0 Å². The van der Waals surface area contributed by atoms with Gasteiger partial charge in [-0.15, -0.1) is 11.3 Å². The lowest BCUT2D eigenvalue weighted by atomic mass is 9.71.